The van der Waals surface area contributed by atoms with Crippen LogP contribution < -0.4 is 5.32 Å². The van der Waals surface area contributed by atoms with E-state index in [0.717, 1.165) is 23.0 Å². The average Bonchev–Trinajstić information content (AvgIpc) is 2.65. The second-order valence-corrected chi connectivity index (χ2v) is 4.64. The van der Waals surface area contributed by atoms with Gasteiger partial charge in [-0.05, 0) is 30.7 Å². The first kappa shape index (κ1) is 10.6. The van der Waals surface area contributed by atoms with Crippen molar-refractivity contribution in [2.45, 2.75) is 18.4 Å². The van der Waals surface area contributed by atoms with E-state index in [4.69, 9.17) is 5.11 Å². The molecule has 0 radical (unpaired) electrons. The largest absolute Gasteiger partial charge is 0.480 e. The molecule has 0 saturated carbocycles. The summed E-state index contributed by atoms with van der Waals surface area (Å²) in [6.07, 6.45) is 0.882. The monoisotopic (exact) mass is 269 g/mol. The third kappa shape index (κ3) is 2.21. The lowest BCUT2D eigenvalue weighted by molar-refractivity contribution is -0.139. The zero-order valence-corrected chi connectivity index (χ0v) is 9.70. The zero-order valence-electron chi connectivity index (χ0n) is 8.11. The predicted molar refractivity (Wildman–Crippen MR) is 60.9 cm³/mol. The number of rotatable bonds is 2. The smallest absolute Gasteiger partial charge is 0.321 e. The summed E-state index contributed by atoms with van der Waals surface area (Å²) in [4.78, 5) is 11.0. The van der Waals surface area contributed by atoms with Crippen LogP contribution in [0.15, 0.2) is 28.7 Å². The van der Waals surface area contributed by atoms with E-state index in [0.29, 0.717) is 0 Å². The zero-order chi connectivity index (χ0) is 10.8. The molecule has 0 amide bonds. The van der Waals surface area contributed by atoms with Gasteiger partial charge in [0.15, 0.2) is 0 Å². The minimum absolute atomic E-state index is 0.0833. The maximum absolute atomic E-state index is 11.0. The molecule has 80 valence electrons. The van der Waals surface area contributed by atoms with Crippen LogP contribution in [0.2, 0.25) is 0 Å². The van der Waals surface area contributed by atoms with E-state index in [2.05, 4.69) is 21.2 Å². The Balaban J connectivity index is 2.26. The molecule has 3 nitrogen and oxygen atoms in total. The van der Waals surface area contributed by atoms with Gasteiger partial charge in [-0.15, -0.1) is 0 Å². The Hall–Kier alpha value is -0.870. The minimum atomic E-state index is -0.766. The van der Waals surface area contributed by atoms with E-state index < -0.39 is 12.0 Å². The number of benzene rings is 1. The Morgan fingerprint density at radius 2 is 2.33 bits per heavy atom. The van der Waals surface area contributed by atoms with Crippen LogP contribution in [-0.2, 0) is 4.79 Å². The summed E-state index contributed by atoms with van der Waals surface area (Å²) in [5, 5.41) is 12.0. The molecule has 4 heteroatoms. The van der Waals surface area contributed by atoms with Crippen molar-refractivity contribution in [1.29, 1.82) is 0 Å². The quantitative estimate of drug-likeness (QED) is 0.863. The molecule has 2 atom stereocenters. The molecule has 2 N–H and O–H groups in total. The molecule has 2 rings (SSSR count). The van der Waals surface area contributed by atoms with Gasteiger partial charge in [0.1, 0.15) is 6.04 Å². The number of carboxylic acid groups (broad SMARTS) is 1. The van der Waals surface area contributed by atoms with Gasteiger partial charge < -0.3 is 10.4 Å². The van der Waals surface area contributed by atoms with Crippen molar-refractivity contribution in [3.8, 4) is 0 Å². The van der Waals surface area contributed by atoms with Crippen LogP contribution >= 0.6 is 15.9 Å². The highest BCUT2D eigenvalue weighted by Gasteiger charge is 2.33. The first-order valence-electron chi connectivity index (χ1n) is 4.90. The molecule has 1 heterocycles. The van der Waals surface area contributed by atoms with E-state index in [9.17, 15) is 4.79 Å². The van der Waals surface area contributed by atoms with Gasteiger partial charge in [-0.1, -0.05) is 28.1 Å². The number of carboxylic acids is 1. The Kier molecular flexibility index (Phi) is 3.07. The molecule has 0 bridgehead atoms. The van der Waals surface area contributed by atoms with Gasteiger partial charge in [-0.25, -0.2) is 0 Å². The highest BCUT2D eigenvalue weighted by Crippen LogP contribution is 2.29. The SMILES string of the molecule is O=C(O)C1NCCC1c1cccc(Br)c1. The molecule has 1 aliphatic heterocycles. The fraction of sp³-hybridized carbons (Fsp3) is 0.364. The summed E-state index contributed by atoms with van der Waals surface area (Å²) >= 11 is 3.40. The number of nitrogens with one attached hydrogen (secondary N) is 1. The molecule has 1 fully saturated rings. The molecule has 2 unspecified atom stereocenters. The summed E-state index contributed by atoms with van der Waals surface area (Å²) < 4.78 is 0.996. The van der Waals surface area contributed by atoms with Crippen LogP contribution in [0.1, 0.15) is 17.9 Å². The average molecular weight is 270 g/mol. The van der Waals surface area contributed by atoms with Gasteiger partial charge >= 0.3 is 5.97 Å². The summed E-state index contributed by atoms with van der Waals surface area (Å²) in [6, 6.07) is 7.42. The van der Waals surface area contributed by atoms with E-state index in [1.54, 1.807) is 0 Å². The van der Waals surface area contributed by atoms with Gasteiger partial charge in [0.05, 0.1) is 0 Å². The second kappa shape index (κ2) is 4.33. The highest BCUT2D eigenvalue weighted by atomic mass is 79.9. The van der Waals surface area contributed by atoms with Gasteiger partial charge in [-0.2, -0.15) is 0 Å². The van der Waals surface area contributed by atoms with Crippen molar-refractivity contribution in [1.82, 2.24) is 5.32 Å². The van der Waals surface area contributed by atoms with Crippen LogP contribution in [0.4, 0.5) is 0 Å². The third-order valence-corrected chi connectivity index (χ3v) is 3.26. The lowest BCUT2D eigenvalue weighted by Crippen LogP contribution is -2.34. The van der Waals surface area contributed by atoms with Crippen molar-refractivity contribution < 1.29 is 9.90 Å². The summed E-state index contributed by atoms with van der Waals surface area (Å²) in [5.41, 5.74) is 1.08. The third-order valence-electron chi connectivity index (χ3n) is 2.76. The molecule has 0 spiro atoms. The summed E-state index contributed by atoms with van der Waals surface area (Å²) in [7, 11) is 0. The van der Waals surface area contributed by atoms with Crippen molar-refractivity contribution in [2.75, 3.05) is 6.54 Å². The summed E-state index contributed by atoms with van der Waals surface area (Å²) in [5.74, 6) is -0.683. The molecule has 1 aromatic carbocycles. The number of aliphatic carboxylic acids is 1. The number of hydrogen-bond donors (Lipinski definition) is 2. The maximum Gasteiger partial charge on any atom is 0.321 e. The predicted octanol–water partition coefficient (Wildman–Crippen LogP) is 1.98. The molecular formula is C11H12BrNO2. The van der Waals surface area contributed by atoms with Crippen molar-refractivity contribution >= 4 is 21.9 Å². The Morgan fingerprint density at radius 3 is 3.00 bits per heavy atom. The van der Waals surface area contributed by atoms with E-state index in [1.165, 1.54) is 0 Å². The maximum atomic E-state index is 11.0. The highest BCUT2D eigenvalue weighted by molar-refractivity contribution is 9.10. The molecule has 15 heavy (non-hydrogen) atoms. The minimum Gasteiger partial charge on any atom is -0.480 e. The molecular weight excluding hydrogens is 258 g/mol. The van der Waals surface area contributed by atoms with Crippen molar-refractivity contribution in [3.05, 3.63) is 34.3 Å². The van der Waals surface area contributed by atoms with Gasteiger partial charge in [0, 0.05) is 10.4 Å². The first-order valence-corrected chi connectivity index (χ1v) is 5.69. The lowest BCUT2D eigenvalue weighted by Gasteiger charge is -2.15. The van der Waals surface area contributed by atoms with Gasteiger partial charge in [0.25, 0.3) is 0 Å². The standard InChI is InChI=1S/C11H12BrNO2/c12-8-3-1-2-7(6-8)9-4-5-13-10(9)11(14)15/h1-3,6,9-10,13H,4-5H2,(H,14,15). The lowest BCUT2D eigenvalue weighted by atomic mass is 9.92. The molecule has 0 aromatic heterocycles. The molecule has 1 aliphatic rings. The van der Waals surface area contributed by atoms with Crippen LogP contribution in [0.3, 0.4) is 0 Å². The van der Waals surface area contributed by atoms with Crippen LogP contribution in [0, 0.1) is 0 Å². The van der Waals surface area contributed by atoms with Crippen molar-refractivity contribution in [3.63, 3.8) is 0 Å². The van der Waals surface area contributed by atoms with Crippen molar-refractivity contribution in [2.24, 2.45) is 0 Å². The second-order valence-electron chi connectivity index (χ2n) is 3.72. The number of hydrogen-bond acceptors (Lipinski definition) is 2. The van der Waals surface area contributed by atoms with E-state index >= 15 is 0 Å². The Morgan fingerprint density at radius 1 is 1.53 bits per heavy atom. The fourth-order valence-electron chi connectivity index (χ4n) is 2.06. The molecule has 1 aromatic rings. The first-order chi connectivity index (χ1) is 7.18. The van der Waals surface area contributed by atoms with Crippen LogP contribution in [-0.4, -0.2) is 23.7 Å². The Labute approximate surface area is 96.6 Å². The topological polar surface area (TPSA) is 49.3 Å². The van der Waals surface area contributed by atoms with Crippen LogP contribution in [0.5, 0.6) is 0 Å². The normalized spacial score (nSPS) is 25.4. The van der Waals surface area contributed by atoms with E-state index in [1.807, 2.05) is 24.3 Å². The molecule has 0 aliphatic carbocycles. The van der Waals surface area contributed by atoms with Gasteiger partial charge in [-0.3, -0.25) is 4.79 Å². The van der Waals surface area contributed by atoms with Crippen LogP contribution in [0.25, 0.3) is 0 Å². The fourth-order valence-corrected chi connectivity index (χ4v) is 2.48. The number of carbonyl (C=O) groups is 1. The van der Waals surface area contributed by atoms with E-state index in [-0.39, 0.29) is 5.92 Å². The summed E-state index contributed by atoms with van der Waals surface area (Å²) in [6.45, 7) is 0.772. The van der Waals surface area contributed by atoms with Gasteiger partial charge in [0.2, 0.25) is 0 Å². The molecule has 1 saturated heterocycles. The number of halogens is 1. The Bertz CT molecular complexity index is 381.